The van der Waals surface area contributed by atoms with E-state index in [0.717, 1.165) is 18.2 Å². The van der Waals surface area contributed by atoms with E-state index >= 15 is 0 Å². The molecule has 1 heterocycles. The Morgan fingerprint density at radius 3 is 2.36 bits per heavy atom. The Morgan fingerprint density at radius 1 is 1.00 bits per heavy atom. The van der Waals surface area contributed by atoms with Crippen molar-refractivity contribution < 1.29 is 14.5 Å². The number of piperazine rings is 1. The molecule has 1 aromatic rings. The second kappa shape index (κ2) is 7.80. The van der Waals surface area contributed by atoms with Crippen molar-refractivity contribution in [1.29, 1.82) is 0 Å². The average Bonchev–Trinajstić information content (AvgIpc) is 2.58. The van der Waals surface area contributed by atoms with E-state index in [9.17, 15) is 0 Å². The van der Waals surface area contributed by atoms with Gasteiger partial charge in [0.05, 0.1) is 13.7 Å². The third kappa shape index (κ3) is 4.34. The molecule has 3 heteroatoms. The molecule has 0 bridgehead atoms. The lowest BCUT2D eigenvalue weighted by molar-refractivity contribution is -1.02. The van der Waals surface area contributed by atoms with Gasteiger partial charge in [-0.1, -0.05) is 12.2 Å². The second-order valence-corrected chi connectivity index (χ2v) is 6.88. The quantitative estimate of drug-likeness (QED) is 0.751. The number of hydrogen-bond acceptors (Lipinski definition) is 1. The molecule has 1 aliphatic heterocycles. The lowest BCUT2D eigenvalue weighted by Crippen LogP contribution is -3.27. The molecular formula is C19H30N2O+2. The van der Waals surface area contributed by atoms with Crippen LogP contribution in [0.25, 0.3) is 0 Å². The van der Waals surface area contributed by atoms with Gasteiger partial charge in [0, 0.05) is 11.5 Å². The highest BCUT2D eigenvalue weighted by atomic mass is 16.5. The average molecular weight is 302 g/mol. The minimum Gasteiger partial charge on any atom is -0.497 e. The number of ether oxygens (including phenoxy) is 1. The number of benzene rings is 1. The van der Waals surface area contributed by atoms with Crippen molar-refractivity contribution in [2.45, 2.75) is 25.8 Å². The molecule has 22 heavy (non-hydrogen) atoms. The van der Waals surface area contributed by atoms with Gasteiger partial charge < -0.3 is 14.5 Å². The maximum atomic E-state index is 5.23. The molecule has 1 saturated heterocycles. The van der Waals surface area contributed by atoms with E-state index in [4.69, 9.17) is 4.74 Å². The van der Waals surface area contributed by atoms with E-state index in [0.29, 0.717) is 0 Å². The lowest BCUT2D eigenvalue weighted by Gasteiger charge is -2.32. The van der Waals surface area contributed by atoms with Crippen LogP contribution in [0.5, 0.6) is 5.75 Å². The molecule has 3 rings (SSSR count). The van der Waals surface area contributed by atoms with Gasteiger partial charge >= 0.3 is 0 Å². The van der Waals surface area contributed by atoms with Crippen molar-refractivity contribution in [3.05, 3.63) is 42.0 Å². The number of quaternary nitrogens is 2. The lowest BCUT2D eigenvalue weighted by atomic mass is 9.94. The molecule has 0 spiro atoms. The number of nitrogens with one attached hydrogen (secondary N) is 2. The molecule has 1 fully saturated rings. The van der Waals surface area contributed by atoms with Gasteiger partial charge in [-0.25, -0.2) is 0 Å². The van der Waals surface area contributed by atoms with Crippen LogP contribution in [0.15, 0.2) is 36.4 Å². The van der Waals surface area contributed by atoms with Crippen LogP contribution in [0.3, 0.4) is 0 Å². The monoisotopic (exact) mass is 302 g/mol. The van der Waals surface area contributed by atoms with Crippen LogP contribution in [0, 0.1) is 5.92 Å². The molecule has 0 saturated carbocycles. The van der Waals surface area contributed by atoms with Crippen LogP contribution < -0.4 is 14.5 Å². The largest absolute Gasteiger partial charge is 0.497 e. The summed E-state index contributed by atoms with van der Waals surface area (Å²) in [7, 11) is 1.73. The Hall–Kier alpha value is -1.32. The molecule has 2 aliphatic rings. The van der Waals surface area contributed by atoms with Crippen molar-refractivity contribution in [2.75, 3.05) is 39.8 Å². The highest BCUT2D eigenvalue weighted by Crippen LogP contribution is 2.16. The van der Waals surface area contributed by atoms with Gasteiger partial charge in [-0.2, -0.15) is 0 Å². The normalized spacial score (nSPS) is 28.5. The third-order valence-corrected chi connectivity index (χ3v) is 5.23. The molecule has 1 atom stereocenters. The van der Waals surface area contributed by atoms with E-state index in [2.05, 4.69) is 36.4 Å². The first-order chi connectivity index (χ1) is 10.8. The van der Waals surface area contributed by atoms with Crippen molar-refractivity contribution in [2.24, 2.45) is 5.92 Å². The first-order valence-corrected chi connectivity index (χ1v) is 8.78. The molecule has 3 nitrogen and oxygen atoms in total. The summed E-state index contributed by atoms with van der Waals surface area (Å²) in [6.45, 7) is 7.84. The highest BCUT2D eigenvalue weighted by molar-refractivity contribution is 5.26. The fourth-order valence-corrected chi connectivity index (χ4v) is 3.82. The summed E-state index contributed by atoms with van der Waals surface area (Å²) in [6, 6.07) is 8.57. The molecule has 0 unspecified atom stereocenters. The van der Waals surface area contributed by atoms with Crippen LogP contribution in [-0.4, -0.2) is 39.8 Å². The number of methoxy groups -OCH3 is 1. The molecule has 0 amide bonds. The molecule has 2 N–H and O–H groups in total. The van der Waals surface area contributed by atoms with Gasteiger partial charge in [0.15, 0.2) is 0 Å². The smallest absolute Gasteiger partial charge is 0.127 e. The Labute approximate surface area is 134 Å². The van der Waals surface area contributed by atoms with Crippen LogP contribution in [0.1, 0.15) is 24.8 Å². The number of rotatable bonds is 5. The van der Waals surface area contributed by atoms with Gasteiger partial charge in [0.25, 0.3) is 0 Å². The fraction of sp³-hybridized carbons (Fsp3) is 0.579. The SMILES string of the molecule is COc1ccc(C[NH+]2CC[NH+](C[C@H]3CC=CCC3)CC2)cc1. The van der Waals surface area contributed by atoms with Crippen molar-refractivity contribution >= 4 is 0 Å². The topological polar surface area (TPSA) is 18.1 Å². The van der Waals surface area contributed by atoms with Crippen LogP contribution in [0.2, 0.25) is 0 Å². The molecule has 1 aromatic carbocycles. The number of hydrogen-bond donors (Lipinski definition) is 2. The standard InChI is InChI=1S/C19H28N2O/c1-22-19-9-7-18(8-10-19)16-21-13-11-20(12-14-21)15-17-5-3-2-4-6-17/h2-3,7-10,17H,4-6,11-16H2,1H3/p+2/t17-/m0/s1. The predicted molar refractivity (Wildman–Crippen MR) is 89.4 cm³/mol. The van der Waals surface area contributed by atoms with Gasteiger partial charge in [-0.3, -0.25) is 0 Å². The summed E-state index contributed by atoms with van der Waals surface area (Å²) < 4.78 is 5.23. The first-order valence-electron chi connectivity index (χ1n) is 8.78. The summed E-state index contributed by atoms with van der Waals surface area (Å²) in [4.78, 5) is 3.57. The maximum Gasteiger partial charge on any atom is 0.127 e. The van der Waals surface area contributed by atoms with E-state index in [1.165, 1.54) is 57.5 Å². The zero-order valence-corrected chi connectivity index (χ0v) is 13.8. The fourth-order valence-electron chi connectivity index (χ4n) is 3.82. The minimum absolute atomic E-state index is 0.933. The van der Waals surface area contributed by atoms with E-state index < -0.39 is 0 Å². The van der Waals surface area contributed by atoms with E-state index in [-0.39, 0.29) is 0 Å². The van der Waals surface area contributed by atoms with Crippen LogP contribution in [-0.2, 0) is 6.54 Å². The molecule has 0 radical (unpaired) electrons. The molecule has 120 valence electrons. The molecule has 0 aromatic heterocycles. The summed E-state index contributed by atoms with van der Waals surface area (Å²) in [5.74, 6) is 1.89. The molecule has 1 aliphatic carbocycles. The first kappa shape index (κ1) is 15.6. The van der Waals surface area contributed by atoms with Crippen molar-refractivity contribution in [3.63, 3.8) is 0 Å². The Morgan fingerprint density at radius 2 is 1.73 bits per heavy atom. The van der Waals surface area contributed by atoms with Crippen molar-refractivity contribution in [1.82, 2.24) is 0 Å². The molecular weight excluding hydrogens is 272 g/mol. The Kier molecular flexibility index (Phi) is 5.52. The second-order valence-electron chi connectivity index (χ2n) is 6.88. The van der Waals surface area contributed by atoms with Gasteiger partial charge in [-0.05, 0) is 43.5 Å². The predicted octanol–water partition coefficient (Wildman–Crippen LogP) is 0.335. The van der Waals surface area contributed by atoms with Crippen LogP contribution >= 0.6 is 0 Å². The Balaban J connectivity index is 1.42. The Bertz CT molecular complexity index is 475. The van der Waals surface area contributed by atoms with Gasteiger partial charge in [0.2, 0.25) is 0 Å². The third-order valence-electron chi connectivity index (χ3n) is 5.23. The highest BCUT2D eigenvalue weighted by Gasteiger charge is 2.25. The van der Waals surface area contributed by atoms with Gasteiger partial charge in [0.1, 0.15) is 38.5 Å². The van der Waals surface area contributed by atoms with E-state index in [1.807, 2.05) is 4.90 Å². The van der Waals surface area contributed by atoms with Crippen LogP contribution in [0.4, 0.5) is 0 Å². The minimum atomic E-state index is 0.933. The summed E-state index contributed by atoms with van der Waals surface area (Å²) in [6.07, 6.45) is 8.75. The number of allylic oxidation sites excluding steroid dienone is 2. The van der Waals surface area contributed by atoms with Gasteiger partial charge in [-0.15, -0.1) is 0 Å². The summed E-state index contributed by atoms with van der Waals surface area (Å²) >= 11 is 0. The summed E-state index contributed by atoms with van der Waals surface area (Å²) in [5.41, 5.74) is 1.43. The maximum absolute atomic E-state index is 5.23. The zero-order valence-electron chi connectivity index (χ0n) is 13.8. The zero-order chi connectivity index (χ0) is 15.2. The van der Waals surface area contributed by atoms with Crippen molar-refractivity contribution in [3.8, 4) is 5.75 Å². The summed E-state index contributed by atoms with van der Waals surface area (Å²) in [5, 5.41) is 0. The van der Waals surface area contributed by atoms with E-state index in [1.54, 1.807) is 12.0 Å².